The molecule has 9 atom stereocenters. The van der Waals surface area contributed by atoms with Crippen LogP contribution in [0.3, 0.4) is 0 Å². The zero-order chi connectivity index (χ0) is 67.8. The van der Waals surface area contributed by atoms with Crippen molar-refractivity contribution in [1.82, 2.24) is 55.6 Å². The van der Waals surface area contributed by atoms with Crippen LogP contribution in [0.25, 0.3) is 0 Å². The van der Waals surface area contributed by atoms with Crippen LogP contribution >= 0.6 is 11.6 Å². The lowest BCUT2D eigenvalue weighted by atomic mass is 9.79. The van der Waals surface area contributed by atoms with Gasteiger partial charge in [-0.05, 0) is 126 Å². The van der Waals surface area contributed by atoms with Crippen LogP contribution in [0.4, 0.5) is 13.2 Å². The molecular weight excluding hydrogens is 1220 g/mol. The van der Waals surface area contributed by atoms with Crippen LogP contribution in [-0.4, -0.2) is 214 Å². The molecule has 3 aliphatic heterocycles. The number of aryl methyl sites for hydroxylation is 1. The number of carbonyl (C=O) groups is 11. The molecule has 3 saturated heterocycles. The standard InChI is InChI=1S/C66H99ClF3N11O11/c1-38(2)33-50-56(84)73-54(44-21-17-22-44)63(91)76(8)41(6)59(87)81-32-28-49(81)62(90)78(10)51(36-42-19-13-12-14-20-42)61(89)75(7)37-52(82)72-47(27-25-43-24-26-45(46(67)35-43)66(68,69)70)60(88)80-31-18-23-48(80)57(85)74-65(29-15-16-30-65)64(92)79(11)55(39(3)4)58(86)71-40(5)34-53(83)77(50)9/h24,26,35,38-42,44,47-51,54-55H,12-23,25,27-34,36-37H2,1-11H3,(H,71,86)(H,72,82)(H,73,84)(H,74,85)/t40-,41+,47+,48+,49+,50+,51+,54+,55+/m1/s1. The molecule has 1 aromatic rings. The zero-order valence-electron chi connectivity index (χ0n) is 55.6. The van der Waals surface area contributed by atoms with Gasteiger partial charge in [0.2, 0.25) is 65.0 Å². The van der Waals surface area contributed by atoms with E-state index in [1.165, 1.54) is 70.7 Å². The summed E-state index contributed by atoms with van der Waals surface area (Å²) >= 11 is 6.13. The predicted molar refractivity (Wildman–Crippen MR) is 337 cm³/mol. The van der Waals surface area contributed by atoms with E-state index in [0.29, 0.717) is 37.7 Å². The molecule has 11 amide bonds. The van der Waals surface area contributed by atoms with Crippen molar-refractivity contribution in [3.63, 3.8) is 0 Å². The maximum absolute atomic E-state index is 15.0. The van der Waals surface area contributed by atoms with E-state index in [1.807, 2.05) is 13.8 Å². The third-order valence-corrected chi connectivity index (χ3v) is 20.6. The molecule has 6 aliphatic rings. The van der Waals surface area contributed by atoms with E-state index in [2.05, 4.69) is 21.3 Å². The topological polar surface area (TPSA) is 259 Å². The summed E-state index contributed by atoms with van der Waals surface area (Å²) in [6, 6.07) is -6.52. The molecule has 0 aromatic heterocycles. The van der Waals surface area contributed by atoms with Crippen molar-refractivity contribution in [2.45, 2.75) is 236 Å². The number of fused-ring (bicyclic) bond motifs is 2. The summed E-state index contributed by atoms with van der Waals surface area (Å²) in [5, 5.41) is 11.1. The highest BCUT2D eigenvalue weighted by Gasteiger charge is 2.51. The third-order valence-electron chi connectivity index (χ3n) is 20.3. The molecule has 0 bridgehead atoms. The molecule has 3 heterocycles. The largest absolute Gasteiger partial charge is 0.417 e. The van der Waals surface area contributed by atoms with E-state index in [9.17, 15) is 56.3 Å². The van der Waals surface area contributed by atoms with Crippen molar-refractivity contribution in [2.75, 3.05) is 54.9 Å². The lowest BCUT2D eigenvalue weighted by molar-refractivity contribution is -0.160. The fourth-order valence-corrected chi connectivity index (χ4v) is 14.7. The lowest BCUT2D eigenvalue weighted by Gasteiger charge is -2.45. The molecule has 512 valence electrons. The van der Waals surface area contributed by atoms with Crippen molar-refractivity contribution in [3.8, 4) is 0 Å². The molecule has 1 spiro atoms. The minimum absolute atomic E-state index is 0.0431. The number of nitrogens with one attached hydrogen (secondary N) is 4. The summed E-state index contributed by atoms with van der Waals surface area (Å²) in [7, 11) is 7.34. The van der Waals surface area contributed by atoms with Gasteiger partial charge in [0, 0.05) is 60.8 Å². The molecule has 26 heteroatoms. The molecule has 0 unspecified atom stereocenters. The normalized spacial score (nSPS) is 28.7. The second-order valence-corrected chi connectivity index (χ2v) is 28.3. The van der Waals surface area contributed by atoms with E-state index in [0.717, 1.165) is 55.6 Å². The second kappa shape index (κ2) is 31.1. The Labute approximate surface area is 544 Å². The number of nitrogens with zero attached hydrogens (tertiary/aromatic N) is 7. The van der Waals surface area contributed by atoms with Crippen molar-refractivity contribution < 1.29 is 65.9 Å². The van der Waals surface area contributed by atoms with Gasteiger partial charge < -0.3 is 55.6 Å². The van der Waals surface area contributed by atoms with E-state index < -0.39 is 154 Å². The number of halogens is 4. The van der Waals surface area contributed by atoms with Gasteiger partial charge in [-0.25, -0.2) is 0 Å². The summed E-state index contributed by atoms with van der Waals surface area (Å²) in [5.74, 6) is -7.20. The van der Waals surface area contributed by atoms with E-state index in [4.69, 9.17) is 11.6 Å². The smallest absolute Gasteiger partial charge is 0.351 e. The Morgan fingerprint density at radius 2 is 1.28 bits per heavy atom. The summed E-state index contributed by atoms with van der Waals surface area (Å²) in [6.07, 6.45) is 4.08. The maximum Gasteiger partial charge on any atom is 0.417 e. The van der Waals surface area contributed by atoms with Crippen LogP contribution in [0.5, 0.6) is 0 Å². The Balaban J connectivity index is 1.23. The zero-order valence-corrected chi connectivity index (χ0v) is 56.4. The van der Waals surface area contributed by atoms with Gasteiger partial charge >= 0.3 is 6.18 Å². The predicted octanol–water partition coefficient (Wildman–Crippen LogP) is 5.45. The van der Waals surface area contributed by atoms with Gasteiger partial charge in [0.05, 0.1) is 17.1 Å². The van der Waals surface area contributed by atoms with Gasteiger partial charge in [-0.2, -0.15) is 13.2 Å². The molecule has 6 fully saturated rings. The number of carbonyl (C=O) groups excluding carboxylic acids is 11. The molecule has 7 rings (SSSR count). The minimum atomic E-state index is -4.74. The Hall–Kier alpha value is -6.53. The highest BCUT2D eigenvalue weighted by atomic mass is 35.5. The monoisotopic (exact) mass is 1310 g/mol. The Kier molecular flexibility index (Phi) is 24.7. The molecule has 1 aromatic carbocycles. The van der Waals surface area contributed by atoms with E-state index in [1.54, 1.807) is 27.7 Å². The first-order valence-electron chi connectivity index (χ1n) is 33.3. The number of hydrogen-bond donors (Lipinski definition) is 4. The van der Waals surface area contributed by atoms with Crippen LogP contribution in [-0.2, 0) is 65.3 Å². The van der Waals surface area contributed by atoms with Crippen molar-refractivity contribution in [2.24, 2.45) is 23.7 Å². The minimum Gasteiger partial charge on any atom is -0.351 e. The van der Waals surface area contributed by atoms with E-state index in [-0.39, 0.29) is 88.6 Å². The number of amides is 11. The fraction of sp³-hybridized carbons (Fsp3) is 0.742. The van der Waals surface area contributed by atoms with Gasteiger partial charge in [-0.3, -0.25) is 52.7 Å². The van der Waals surface area contributed by atoms with Crippen LogP contribution in [0, 0.1) is 23.7 Å². The Morgan fingerprint density at radius 3 is 1.86 bits per heavy atom. The van der Waals surface area contributed by atoms with Gasteiger partial charge in [0.25, 0.3) is 0 Å². The highest BCUT2D eigenvalue weighted by Crippen LogP contribution is 2.38. The number of hydrogen-bond acceptors (Lipinski definition) is 11. The van der Waals surface area contributed by atoms with Gasteiger partial charge in [-0.15, -0.1) is 0 Å². The summed E-state index contributed by atoms with van der Waals surface area (Å²) in [5.41, 5.74) is -2.24. The van der Waals surface area contributed by atoms with Gasteiger partial charge in [0.15, 0.2) is 0 Å². The van der Waals surface area contributed by atoms with Gasteiger partial charge in [0.1, 0.15) is 53.9 Å². The summed E-state index contributed by atoms with van der Waals surface area (Å²) in [6.45, 7) is 10.2. The van der Waals surface area contributed by atoms with Crippen LogP contribution in [0.1, 0.15) is 175 Å². The number of rotatable bonds is 9. The third kappa shape index (κ3) is 17.1. The van der Waals surface area contributed by atoms with Crippen molar-refractivity contribution in [3.05, 3.63) is 34.3 Å². The first kappa shape index (κ1) is 72.9. The number of likely N-dealkylation sites (N-methyl/N-ethyl adjacent to an activating group) is 5. The summed E-state index contributed by atoms with van der Waals surface area (Å²) < 4.78 is 41.4. The fourth-order valence-electron chi connectivity index (χ4n) is 14.4. The summed E-state index contributed by atoms with van der Waals surface area (Å²) in [4.78, 5) is 171. The molecule has 3 aliphatic carbocycles. The molecule has 0 radical (unpaired) electrons. The van der Waals surface area contributed by atoms with Crippen LogP contribution < -0.4 is 21.3 Å². The number of alkyl halides is 3. The first-order valence-corrected chi connectivity index (χ1v) is 33.6. The SMILES string of the molecule is CC(C)C[C@H]1C(=O)N[C@@H](C2CCC2)C(=O)N(C)[C@@H](C)C(=O)N2CC[C@H]2C(=O)N(C)[C@@H](CC2CCCCC2)C(=O)N(C)CC(=O)N[C@@H](CCc2ccc(C(F)(F)F)c(Cl)c2)C(=O)N2CCC[C@H]2C(=O)NC2(CCCC2)C(=O)N(C)[C@@H](C(C)C)C(=O)N[C@H](C)CC(=O)N1C. The molecule has 92 heavy (non-hydrogen) atoms. The average molecular weight is 1320 g/mol. The first-order chi connectivity index (χ1) is 43.3. The maximum atomic E-state index is 15.0. The molecule has 3 saturated carbocycles. The van der Waals surface area contributed by atoms with Crippen molar-refractivity contribution in [1.29, 1.82) is 0 Å². The van der Waals surface area contributed by atoms with Gasteiger partial charge in [-0.1, -0.05) is 96.7 Å². The molecular formula is C66H99ClF3N11O11. The molecule has 22 nitrogen and oxygen atoms in total. The molecule has 4 N–H and O–H groups in total. The highest BCUT2D eigenvalue weighted by molar-refractivity contribution is 6.31. The van der Waals surface area contributed by atoms with E-state index >= 15 is 9.59 Å². The number of benzene rings is 1. The van der Waals surface area contributed by atoms with Crippen LogP contribution in [0.15, 0.2) is 18.2 Å². The van der Waals surface area contributed by atoms with Crippen LogP contribution in [0.2, 0.25) is 5.02 Å². The van der Waals surface area contributed by atoms with Crippen molar-refractivity contribution >= 4 is 76.6 Å². The Morgan fingerprint density at radius 1 is 0.630 bits per heavy atom. The second-order valence-electron chi connectivity index (χ2n) is 27.8. The average Bonchev–Trinajstić information content (AvgIpc) is 1.60. The lowest BCUT2D eigenvalue weighted by Crippen LogP contribution is -2.65. The Bertz CT molecular complexity index is 2900. The quantitative estimate of drug-likeness (QED) is 0.242.